The van der Waals surface area contributed by atoms with Gasteiger partial charge in [-0.15, -0.1) is 13.2 Å². The zero-order valence-corrected chi connectivity index (χ0v) is 8.71. The maximum Gasteiger partial charge on any atom is 0.573 e. The molecule has 1 aromatic carbocycles. The second kappa shape index (κ2) is 5.21. The second-order valence-electron chi connectivity index (χ2n) is 3.29. The topological polar surface area (TPSA) is 29.5 Å². The molecule has 5 heteroatoms. The van der Waals surface area contributed by atoms with Gasteiger partial charge in [0.05, 0.1) is 0 Å². The van der Waals surface area contributed by atoms with Gasteiger partial charge >= 0.3 is 6.36 Å². The predicted octanol–water partition coefficient (Wildman–Crippen LogP) is 3.42. The number of aliphatic hydroxyl groups is 1. The van der Waals surface area contributed by atoms with Crippen molar-refractivity contribution in [1.82, 2.24) is 0 Å². The highest BCUT2D eigenvalue weighted by Gasteiger charge is 2.32. The summed E-state index contributed by atoms with van der Waals surface area (Å²) >= 11 is 0. The molecule has 1 radical (unpaired) electrons. The molecule has 1 aromatic rings. The van der Waals surface area contributed by atoms with Crippen LogP contribution in [0.3, 0.4) is 0 Å². The molecule has 2 nitrogen and oxygen atoms in total. The Labute approximate surface area is 91.7 Å². The van der Waals surface area contributed by atoms with Gasteiger partial charge in [-0.25, -0.2) is 0 Å². The number of benzene rings is 1. The van der Waals surface area contributed by atoms with Crippen molar-refractivity contribution in [3.05, 3.63) is 35.9 Å². The first-order chi connectivity index (χ1) is 7.46. The molecule has 0 fully saturated rings. The third-order valence-corrected chi connectivity index (χ3v) is 1.99. The molecule has 0 unspecified atom stereocenters. The average molecular weight is 233 g/mol. The fourth-order valence-corrected chi connectivity index (χ4v) is 1.35. The summed E-state index contributed by atoms with van der Waals surface area (Å²) in [4.78, 5) is 0. The van der Waals surface area contributed by atoms with Crippen LogP contribution in [0.15, 0.2) is 18.2 Å². The normalized spacial score (nSPS) is 11.6. The van der Waals surface area contributed by atoms with Crippen LogP contribution in [0.5, 0.6) is 5.75 Å². The fraction of sp³-hybridized carbons (Fsp3) is 0.364. The quantitative estimate of drug-likeness (QED) is 0.863. The molecule has 0 aliphatic heterocycles. The molecule has 0 saturated heterocycles. The Morgan fingerprint density at radius 2 is 2.06 bits per heavy atom. The zero-order valence-electron chi connectivity index (χ0n) is 8.71. The average Bonchev–Trinajstić information content (AvgIpc) is 2.18. The standard InChI is InChI=1S/C11H12F3O2/c1-2-3-9-5-4-8(7-15)6-10(9)16-11(12,13)14/h4-7,15H,2-3H2,1H3. The Morgan fingerprint density at radius 3 is 2.56 bits per heavy atom. The van der Waals surface area contributed by atoms with Crippen LogP contribution in [0.2, 0.25) is 0 Å². The Morgan fingerprint density at radius 1 is 1.38 bits per heavy atom. The third kappa shape index (κ3) is 3.73. The van der Waals surface area contributed by atoms with Gasteiger partial charge in [-0.3, -0.25) is 0 Å². The van der Waals surface area contributed by atoms with Gasteiger partial charge in [0.2, 0.25) is 0 Å². The number of halogens is 3. The van der Waals surface area contributed by atoms with E-state index in [1.807, 2.05) is 6.92 Å². The van der Waals surface area contributed by atoms with Crippen molar-refractivity contribution in [1.29, 1.82) is 0 Å². The molecule has 89 valence electrons. The van der Waals surface area contributed by atoms with Crippen LogP contribution < -0.4 is 4.74 Å². The van der Waals surface area contributed by atoms with E-state index in [2.05, 4.69) is 4.74 Å². The number of hydrogen-bond acceptors (Lipinski definition) is 2. The smallest absolute Gasteiger partial charge is 0.405 e. The lowest BCUT2D eigenvalue weighted by Crippen LogP contribution is -2.18. The van der Waals surface area contributed by atoms with Gasteiger partial charge < -0.3 is 9.84 Å². The van der Waals surface area contributed by atoms with Crippen molar-refractivity contribution in [3.8, 4) is 5.75 Å². The maximum atomic E-state index is 12.1. The highest BCUT2D eigenvalue weighted by Crippen LogP contribution is 2.28. The van der Waals surface area contributed by atoms with Crippen molar-refractivity contribution in [2.75, 3.05) is 0 Å². The molecule has 1 N–H and O–H groups in total. The Hall–Kier alpha value is -1.23. The summed E-state index contributed by atoms with van der Waals surface area (Å²) in [6, 6.07) is 4.22. The highest BCUT2D eigenvalue weighted by molar-refractivity contribution is 5.39. The Balaban J connectivity index is 3.00. The lowest BCUT2D eigenvalue weighted by molar-refractivity contribution is -0.274. The van der Waals surface area contributed by atoms with Gasteiger partial charge in [0.1, 0.15) is 12.4 Å². The van der Waals surface area contributed by atoms with E-state index in [-0.39, 0.29) is 11.3 Å². The van der Waals surface area contributed by atoms with Gasteiger partial charge in [-0.2, -0.15) is 0 Å². The summed E-state index contributed by atoms with van der Waals surface area (Å²) in [6.07, 6.45) is -3.50. The van der Waals surface area contributed by atoms with Crippen LogP contribution in [-0.2, 0) is 6.42 Å². The molecular weight excluding hydrogens is 221 g/mol. The van der Waals surface area contributed by atoms with Crippen molar-refractivity contribution >= 4 is 0 Å². The number of rotatable bonds is 4. The second-order valence-corrected chi connectivity index (χ2v) is 3.29. The Kier molecular flexibility index (Phi) is 4.18. The first-order valence-corrected chi connectivity index (χ1v) is 4.82. The van der Waals surface area contributed by atoms with E-state index in [1.54, 1.807) is 0 Å². The molecule has 0 aliphatic carbocycles. The number of aliphatic hydroxyl groups excluding tert-OH is 1. The monoisotopic (exact) mass is 233 g/mol. The minimum Gasteiger partial charge on any atom is -0.405 e. The van der Waals surface area contributed by atoms with Crippen molar-refractivity contribution in [3.63, 3.8) is 0 Å². The molecule has 0 atom stereocenters. The van der Waals surface area contributed by atoms with Crippen LogP contribution in [0.25, 0.3) is 0 Å². The lowest BCUT2D eigenvalue weighted by atomic mass is 10.1. The summed E-state index contributed by atoms with van der Waals surface area (Å²) in [5.41, 5.74) is 0.754. The van der Waals surface area contributed by atoms with E-state index >= 15 is 0 Å². The first kappa shape index (κ1) is 12.8. The molecule has 0 heterocycles. The van der Waals surface area contributed by atoms with Crippen LogP contribution in [0, 0.1) is 6.61 Å². The van der Waals surface area contributed by atoms with Crippen LogP contribution >= 0.6 is 0 Å². The summed E-state index contributed by atoms with van der Waals surface area (Å²) in [6.45, 7) is 2.60. The van der Waals surface area contributed by atoms with Crippen molar-refractivity contribution in [2.45, 2.75) is 26.1 Å². The van der Waals surface area contributed by atoms with Gasteiger partial charge in [0, 0.05) is 0 Å². The molecule has 0 spiro atoms. The van der Waals surface area contributed by atoms with Gasteiger partial charge in [0.15, 0.2) is 0 Å². The highest BCUT2D eigenvalue weighted by atomic mass is 19.4. The van der Waals surface area contributed by atoms with E-state index < -0.39 is 6.36 Å². The molecule has 1 rings (SSSR count). The predicted molar refractivity (Wildman–Crippen MR) is 52.5 cm³/mol. The Bertz CT molecular complexity index is 348. The van der Waals surface area contributed by atoms with Crippen LogP contribution in [-0.4, -0.2) is 11.5 Å². The fourth-order valence-electron chi connectivity index (χ4n) is 1.35. The third-order valence-electron chi connectivity index (χ3n) is 1.99. The van der Waals surface area contributed by atoms with E-state index in [1.165, 1.54) is 18.2 Å². The number of aryl methyl sites for hydroxylation is 1. The van der Waals surface area contributed by atoms with Crippen LogP contribution in [0.4, 0.5) is 13.2 Å². The molecule has 0 bridgehead atoms. The molecule has 0 amide bonds. The van der Waals surface area contributed by atoms with Crippen molar-refractivity contribution in [2.24, 2.45) is 0 Å². The van der Waals surface area contributed by atoms with Gasteiger partial charge in [-0.05, 0) is 23.6 Å². The number of ether oxygens (including phenoxy) is 1. The number of hydrogen-bond donors (Lipinski definition) is 1. The van der Waals surface area contributed by atoms with Gasteiger partial charge in [0.25, 0.3) is 0 Å². The van der Waals surface area contributed by atoms with E-state index in [0.717, 1.165) is 13.0 Å². The lowest BCUT2D eigenvalue weighted by Gasteiger charge is -2.13. The number of alkyl halides is 3. The molecule has 0 aliphatic rings. The SMILES string of the molecule is CCCc1ccc([CH]O)cc1OC(F)(F)F. The summed E-state index contributed by atoms with van der Waals surface area (Å²) in [7, 11) is 0. The largest absolute Gasteiger partial charge is 0.573 e. The van der Waals surface area contributed by atoms with Gasteiger partial charge in [-0.1, -0.05) is 25.5 Å². The summed E-state index contributed by atoms with van der Waals surface area (Å²) in [5.74, 6) is -0.253. The molecular formula is C11H12F3O2. The maximum absolute atomic E-state index is 12.1. The molecule has 16 heavy (non-hydrogen) atoms. The van der Waals surface area contributed by atoms with Crippen molar-refractivity contribution < 1.29 is 23.0 Å². The summed E-state index contributed by atoms with van der Waals surface area (Å²) < 4.78 is 40.2. The van der Waals surface area contributed by atoms with E-state index in [9.17, 15) is 13.2 Å². The molecule has 0 aromatic heterocycles. The first-order valence-electron chi connectivity index (χ1n) is 4.82. The molecule has 0 saturated carbocycles. The summed E-state index contributed by atoms with van der Waals surface area (Å²) in [5, 5.41) is 8.72. The van der Waals surface area contributed by atoms with E-state index in [0.29, 0.717) is 12.0 Å². The minimum atomic E-state index is -4.71. The minimum absolute atomic E-state index is 0.253. The van der Waals surface area contributed by atoms with Crippen LogP contribution in [0.1, 0.15) is 24.5 Å². The zero-order chi connectivity index (χ0) is 12.2. The van der Waals surface area contributed by atoms with E-state index in [4.69, 9.17) is 5.11 Å².